The zero-order valence-corrected chi connectivity index (χ0v) is 13.4. The third kappa shape index (κ3) is 4.25. The van der Waals surface area contributed by atoms with Gasteiger partial charge in [-0.25, -0.2) is 4.98 Å². The molecule has 7 heteroatoms. The first kappa shape index (κ1) is 15.9. The lowest BCUT2D eigenvalue weighted by molar-refractivity contribution is -0.136. The predicted molar refractivity (Wildman–Crippen MR) is 80.5 cm³/mol. The van der Waals surface area contributed by atoms with E-state index in [1.54, 1.807) is 11.8 Å². The number of thiazole rings is 1. The number of nitrogens with one attached hydrogen (secondary N) is 1. The smallest absolute Gasteiger partial charge is 0.280 e. The predicted octanol–water partition coefficient (Wildman–Crippen LogP) is 1.24. The van der Waals surface area contributed by atoms with Gasteiger partial charge in [0.25, 0.3) is 5.91 Å². The topological polar surface area (TPSA) is 71.5 Å². The number of aromatic nitrogens is 1. The van der Waals surface area contributed by atoms with E-state index >= 15 is 0 Å². The number of hydrogen-bond donors (Lipinski definition) is 1. The number of carbonyl (C=O) groups is 2. The van der Waals surface area contributed by atoms with Gasteiger partial charge in [0.15, 0.2) is 5.01 Å². The zero-order valence-electron chi connectivity index (χ0n) is 12.6. The van der Waals surface area contributed by atoms with Gasteiger partial charge in [-0.1, -0.05) is 13.8 Å². The number of carbonyl (C=O) groups excluding carboxylic acids is 2. The molecular formula is C14H21N3O3S. The third-order valence-electron chi connectivity index (χ3n) is 3.38. The van der Waals surface area contributed by atoms with E-state index in [0.29, 0.717) is 37.2 Å². The zero-order chi connectivity index (χ0) is 15.4. The molecule has 0 spiro atoms. The van der Waals surface area contributed by atoms with Crippen LogP contribution in [0.25, 0.3) is 0 Å². The monoisotopic (exact) mass is 311 g/mol. The van der Waals surface area contributed by atoms with E-state index in [4.69, 9.17) is 4.74 Å². The van der Waals surface area contributed by atoms with Gasteiger partial charge in [0.2, 0.25) is 5.91 Å². The highest BCUT2D eigenvalue weighted by molar-refractivity contribution is 7.11. The summed E-state index contributed by atoms with van der Waals surface area (Å²) < 4.78 is 5.56. The van der Waals surface area contributed by atoms with Crippen LogP contribution in [0.2, 0.25) is 0 Å². The SMILES string of the molecule is CC(=O)N1CCO[C@H](CNC(=O)c2nc(C(C)C)cs2)C1. The number of rotatable bonds is 4. The normalized spacial score (nSPS) is 18.9. The van der Waals surface area contributed by atoms with Gasteiger partial charge in [0.05, 0.1) is 18.4 Å². The number of hydrogen-bond acceptors (Lipinski definition) is 5. The fourth-order valence-electron chi connectivity index (χ4n) is 2.07. The molecule has 116 valence electrons. The van der Waals surface area contributed by atoms with Crippen LogP contribution in [-0.4, -0.2) is 54.0 Å². The maximum atomic E-state index is 12.0. The Kier molecular flexibility index (Phi) is 5.30. The van der Waals surface area contributed by atoms with E-state index in [1.165, 1.54) is 11.3 Å². The average Bonchev–Trinajstić information content (AvgIpc) is 2.95. The summed E-state index contributed by atoms with van der Waals surface area (Å²) in [5.41, 5.74) is 0.932. The quantitative estimate of drug-likeness (QED) is 0.908. The van der Waals surface area contributed by atoms with Gasteiger partial charge < -0.3 is 15.0 Å². The van der Waals surface area contributed by atoms with Crippen molar-refractivity contribution in [2.75, 3.05) is 26.2 Å². The van der Waals surface area contributed by atoms with Crippen LogP contribution in [0.1, 0.15) is 42.2 Å². The number of nitrogens with zero attached hydrogens (tertiary/aromatic N) is 2. The summed E-state index contributed by atoms with van der Waals surface area (Å²) in [7, 11) is 0. The van der Waals surface area contributed by atoms with Crippen molar-refractivity contribution in [2.24, 2.45) is 0 Å². The van der Waals surface area contributed by atoms with Crippen molar-refractivity contribution < 1.29 is 14.3 Å². The maximum Gasteiger partial charge on any atom is 0.280 e. The Hall–Kier alpha value is -1.47. The first-order valence-electron chi connectivity index (χ1n) is 7.08. The number of amides is 2. The lowest BCUT2D eigenvalue weighted by atomic mass is 10.2. The summed E-state index contributed by atoms with van der Waals surface area (Å²) >= 11 is 1.35. The van der Waals surface area contributed by atoms with E-state index in [-0.39, 0.29) is 17.9 Å². The Morgan fingerprint density at radius 2 is 2.33 bits per heavy atom. The summed E-state index contributed by atoms with van der Waals surface area (Å²) in [4.78, 5) is 29.4. The number of morpholine rings is 1. The molecule has 1 saturated heterocycles. The van der Waals surface area contributed by atoms with Gasteiger partial charge in [0, 0.05) is 31.9 Å². The minimum absolute atomic E-state index is 0.0381. The fourth-order valence-corrected chi connectivity index (χ4v) is 2.96. The van der Waals surface area contributed by atoms with Crippen molar-refractivity contribution in [3.05, 3.63) is 16.1 Å². The molecule has 1 aromatic heterocycles. The molecule has 1 aliphatic heterocycles. The average molecular weight is 311 g/mol. The molecule has 1 N–H and O–H groups in total. The van der Waals surface area contributed by atoms with Crippen molar-refractivity contribution in [1.29, 1.82) is 0 Å². The molecule has 6 nitrogen and oxygen atoms in total. The van der Waals surface area contributed by atoms with Gasteiger partial charge in [-0.15, -0.1) is 11.3 Å². The highest BCUT2D eigenvalue weighted by Gasteiger charge is 2.23. The van der Waals surface area contributed by atoms with E-state index in [9.17, 15) is 9.59 Å². The second-order valence-corrected chi connectivity index (χ2v) is 6.26. The van der Waals surface area contributed by atoms with Crippen LogP contribution in [0.5, 0.6) is 0 Å². The Balaban J connectivity index is 1.84. The summed E-state index contributed by atoms with van der Waals surface area (Å²) in [6.07, 6.45) is -0.156. The van der Waals surface area contributed by atoms with Crippen LogP contribution < -0.4 is 5.32 Å². The van der Waals surface area contributed by atoms with Crippen molar-refractivity contribution in [3.8, 4) is 0 Å². The van der Waals surface area contributed by atoms with Gasteiger partial charge in [-0.05, 0) is 5.92 Å². The van der Waals surface area contributed by atoms with Crippen molar-refractivity contribution >= 4 is 23.2 Å². The largest absolute Gasteiger partial charge is 0.373 e. The molecule has 1 aromatic rings. The van der Waals surface area contributed by atoms with E-state index in [0.717, 1.165) is 5.69 Å². The molecule has 0 bridgehead atoms. The molecule has 1 aliphatic rings. The van der Waals surface area contributed by atoms with Crippen molar-refractivity contribution in [1.82, 2.24) is 15.2 Å². The minimum atomic E-state index is -0.185. The van der Waals surface area contributed by atoms with Gasteiger partial charge in [0.1, 0.15) is 0 Å². The molecular weight excluding hydrogens is 290 g/mol. The second kappa shape index (κ2) is 7.00. The van der Waals surface area contributed by atoms with Crippen LogP contribution in [0, 0.1) is 0 Å². The highest BCUT2D eigenvalue weighted by atomic mass is 32.1. The first-order chi connectivity index (χ1) is 9.97. The van der Waals surface area contributed by atoms with E-state index < -0.39 is 0 Å². The number of ether oxygens (including phenoxy) is 1. The minimum Gasteiger partial charge on any atom is -0.373 e. The first-order valence-corrected chi connectivity index (χ1v) is 7.96. The van der Waals surface area contributed by atoms with Gasteiger partial charge in [-0.2, -0.15) is 0 Å². The summed E-state index contributed by atoms with van der Waals surface area (Å²) in [5.74, 6) is 0.167. The van der Waals surface area contributed by atoms with Crippen molar-refractivity contribution in [3.63, 3.8) is 0 Å². The second-order valence-electron chi connectivity index (χ2n) is 5.40. The van der Waals surface area contributed by atoms with Crippen LogP contribution >= 0.6 is 11.3 Å². The Bertz CT molecular complexity index is 515. The van der Waals surface area contributed by atoms with Gasteiger partial charge >= 0.3 is 0 Å². The molecule has 21 heavy (non-hydrogen) atoms. The molecule has 0 saturated carbocycles. The third-order valence-corrected chi connectivity index (χ3v) is 4.24. The van der Waals surface area contributed by atoms with Crippen molar-refractivity contribution in [2.45, 2.75) is 32.8 Å². The summed E-state index contributed by atoms with van der Waals surface area (Å²) in [5, 5.41) is 5.21. The van der Waals surface area contributed by atoms with Gasteiger partial charge in [-0.3, -0.25) is 9.59 Å². The van der Waals surface area contributed by atoms with E-state index in [2.05, 4.69) is 10.3 Å². The lowest BCUT2D eigenvalue weighted by Crippen LogP contribution is -2.49. The maximum absolute atomic E-state index is 12.0. The molecule has 2 heterocycles. The van der Waals surface area contributed by atoms with E-state index in [1.807, 2.05) is 19.2 Å². The van der Waals surface area contributed by atoms with Crippen LogP contribution in [0.15, 0.2) is 5.38 Å². The van der Waals surface area contributed by atoms with Crippen LogP contribution in [-0.2, 0) is 9.53 Å². The standard InChI is InChI=1S/C14H21N3O3S/c1-9(2)12-8-21-14(16-12)13(19)15-6-11-7-17(10(3)18)4-5-20-11/h8-9,11H,4-7H2,1-3H3,(H,15,19)/t11-/m1/s1. The molecule has 0 unspecified atom stereocenters. The Labute approximate surface area is 128 Å². The molecule has 1 atom stereocenters. The molecule has 1 fully saturated rings. The Morgan fingerprint density at radius 1 is 1.57 bits per heavy atom. The summed E-state index contributed by atoms with van der Waals surface area (Å²) in [6, 6.07) is 0. The van der Waals surface area contributed by atoms with Crippen LogP contribution in [0.3, 0.4) is 0 Å². The summed E-state index contributed by atoms with van der Waals surface area (Å²) in [6.45, 7) is 7.67. The molecule has 2 rings (SSSR count). The Morgan fingerprint density at radius 3 is 2.95 bits per heavy atom. The molecule has 0 aliphatic carbocycles. The lowest BCUT2D eigenvalue weighted by Gasteiger charge is -2.32. The molecule has 0 radical (unpaired) electrons. The molecule has 2 amide bonds. The molecule has 0 aromatic carbocycles. The highest BCUT2D eigenvalue weighted by Crippen LogP contribution is 2.17. The fraction of sp³-hybridized carbons (Fsp3) is 0.643. The van der Waals surface area contributed by atoms with Crippen LogP contribution in [0.4, 0.5) is 0 Å².